The van der Waals surface area contributed by atoms with Crippen LogP contribution in [0.5, 0.6) is 0 Å². The number of H-pyrrole nitrogens is 1. The number of amides is 3. The van der Waals surface area contributed by atoms with Gasteiger partial charge in [0.25, 0.3) is 11.8 Å². The zero-order chi connectivity index (χ0) is 31.3. The Morgan fingerprint density at radius 1 is 1.05 bits per heavy atom. The number of aromatic nitrogens is 4. The molecule has 1 aliphatic heterocycles. The number of tetrazole rings is 1. The van der Waals surface area contributed by atoms with Crippen molar-refractivity contribution >= 4 is 17.7 Å². The zero-order valence-electron chi connectivity index (χ0n) is 25.7. The Morgan fingerprint density at radius 2 is 1.66 bits per heavy atom. The van der Waals surface area contributed by atoms with Crippen LogP contribution in [-0.4, -0.2) is 106 Å². The second-order valence-electron chi connectivity index (χ2n) is 12.7. The summed E-state index contributed by atoms with van der Waals surface area (Å²) in [6.45, 7) is 2.12. The summed E-state index contributed by atoms with van der Waals surface area (Å²) in [7, 11) is 6.88. The van der Waals surface area contributed by atoms with Crippen molar-refractivity contribution in [1.29, 1.82) is 5.26 Å². The number of nitriles is 1. The van der Waals surface area contributed by atoms with Crippen LogP contribution in [0.15, 0.2) is 36.4 Å². The predicted molar refractivity (Wildman–Crippen MR) is 161 cm³/mol. The quantitative estimate of drug-likeness (QED) is 0.400. The lowest BCUT2D eigenvalue weighted by Gasteiger charge is -2.41. The Morgan fingerprint density at radius 3 is 2.18 bits per heavy atom. The van der Waals surface area contributed by atoms with E-state index in [4.69, 9.17) is 0 Å². The Labute approximate surface area is 256 Å². The van der Waals surface area contributed by atoms with Crippen LogP contribution in [0.3, 0.4) is 0 Å². The summed E-state index contributed by atoms with van der Waals surface area (Å²) in [5.41, 5.74) is 3.98. The lowest BCUT2D eigenvalue weighted by molar-refractivity contribution is -0.131. The maximum Gasteiger partial charge on any atom is 0.253 e. The zero-order valence-corrected chi connectivity index (χ0v) is 25.7. The number of hydrogen-bond donors (Lipinski definition) is 2. The highest BCUT2D eigenvalue weighted by Gasteiger charge is 2.54. The van der Waals surface area contributed by atoms with Crippen molar-refractivity contribution in [3.8, 4) is 6.07 Å². The second kappa shape index (κ2) is 11.1. The topological polar surface area (TPSA) is 151 Å². The molecule has 44 heavy (non-hydrogen) atoms. The molecule has 0 spiro atoms. The first-order valence-corrected chi connectivity index (χ1v) is 14.9. The molecule has 2 aromatic carbocycles. The van der Waals surface area contributed by atoms with Crippen LogP contribution in [0, 0.1) is 17.2 Å². The van der Waals surface area contributed by atoms with Crippen LogP contribution in [-0.2, 0) is 16.6 Å². The first-order valence-electron chi connectivity index (χ1n) is 14.9. The van der Waals surface area contributed by atoms with Gasteiger partial charge < -0.3 is 20.0 Å². The lowest BCUT2D eigenvalue weighted by Crippen LogP contribution is -2.47. The third kappa shape index (κ3) is 4.91. The predicted octanol–water partition coefficient (Wildman–Crippen LogP) is 1.72. The van der Waals surface area contributed by atoms with E-state index < -0.39 is 5.41 Å². The second-order valence-corrected chi connectivity index (χ2v) is 12.7. The number of carbonyl (C=O) groups excluding carboxylic acids is 3. The molecular formula is C32H37N9O3. The molecule has 228 valence electrons. The molecule has 4 atom stereocenters. The minimum absolute atomic E-state index is 0.0647. The van der Waals surface area contributed by atoms with Crippen molar-refractivity contribution in [3.05, 3.63) is 75.6 Å². The number of nitrogens with zero attached hydrogens (tertiary/aromatic N) is 7. The molecule has 3 aromatic rings. The number of fused-ring (bicyclic) bond motifs is 3. The number of benzene rings is 2. The Balaban J connectivity index is 1.40. The Bertz CT molecular complexity index is 1590. The van der Waals surface area contributed by atoms with Gasteiger partial charge in [-0.05, 0) is 85.0 Å². The van der Waals surface area contributed by atoms with Gasteiger partial charge in [0.2, 0.25) is 5.91 Å². The summed E-state index contributed by atoms with van der Waals surface area (Å²) in [4.78, 5) is 44.0. The van der Waals surface area contributed by atoms with Crippen molar-refractivity contribution in [2.24, 2.45) is 5.92 Å². The van der Waals surface area contributed by atoms with Gasteiger partial charge in [-0.2, -0.15) is 10.5 Å². The minimum Gasteiger partial charge on any atom is -0.345 e. The van der Waals surface area contributed by atoms with Gasteiger partial charge in [0.1, 0.15) is 6.04 Å². The van der Waals surface area contributed by atoms with Crippen LogP contribution < -0.4 is 5.32 Å². The molecule has 3 aliphatic rings. The molecule has 2 heterocycles. The number of hydrogen-bond acceptors (Lipinski definition) is 8. The number of likely N-dealkylation sites (tertiary alicyclic amines) is 1. The Hall–Kier alpha value is -4.63. The smallest absolute Gasteiger partial charge is 0.253 e. The van der Waals surface area contributed by atoms with E-state index in [1.807, 2.05) is 43.3 Å². The van der Waals surface area contributed by atoms with Gasteiger partial charge in [-0.3, -0.25) is 14.4 Å². The summed E-state index contributed by atoms with van der Waals surface area (Å²) < 4.78 is 0. The number of nitrogens with one attached hydrogen (secondary N) is 2. The molecule has 0 radical (unpaired) electrons. The third-order valence-electron chi connectivity index (χ3n) is 9.30. The van der Waals surface area contributed by atoms with Gasteiger partial charge >= 0.3 is 0 Å². The molecule has 3 amide bonds. The number of piperidine rings is 1. The van der Waals surface area contributed by atoms with E-state index in [9.17, 15) is 19.6 Å². The molecular weight excluding hydrogens is 558 g/mol. The molecule has 1 saturated carbocycles. The average molecular weight is 596 g/mol. The highest BCUT2D eigenvalue weighted by molar-refractivity contribution is 5.95. The van der Waals surface area contributed by atoms with Gasteiger partial charge in [-0.25, -0.2) is 0 Å². The highest BCUT2D eigenvalue weighted by Crippen LogP contribution is 2.49. The fourth-order valence-electron chi connectivity index (χ4n) is 7.16. The van der Waals surface area contributed by atoms with Crippen molar-refractivity contribution in [3.63, 3.8) is 0 Å². The van der Waals surface area contributed by atoms with Gasteiger partial charge in [-0.15, -0.1) is 10.2 Å². The van der Waals surface area contributed by atoms with E-state index in [0.717, 1.165) is 35.1 Å². The van der Waals surface area contributed by atoms with Crippen molar-refractivity contribution in [2.45, 2.75) is 56.1 Å². The van der Waals surface area contributed by atoms with Crippen LogP contribution in [0.25, 0.3) is 0 Å². The summed E-state index contributed by atoms with van der Waals surface area (Å²) in [6.07, 6.45) is 2.72. The molecule has 0 bridgehead atoms. The van der Waals surface area contributed by atoms with E-state index in [2.05, 4.69) is 32.0 Å². The lowest BCUT2D eigenvalue weighted by atomic mass is 9.62. The highest BCUT2D eigenvalue weighted by atomic mass is 16.2. The fourth-order valence-corrected chi connectivity index (χ4v) is 7.16. The van der Waals surface area contributed by atoms with Crippen molar-refractivity contribution in [1.82, 2.24) is 40.6 Å². The Kier molecular flexibility index (Phi) is 7.45. The molecule has 2 N–H and O–H groups in total. The van der Waals surface area contributed by atoms with Gasteiger partial charge in [0.15, 0.2) is 5.82 Å². The van der Waals surface area contributed by atoms with Crippen LogP contribution in [0.2, 0.25) is 0 Å². The summed E-state index contributed by atoms with van der Waals surface area (Å²) in [5, 5.41) is 28.5. The van der Waals surface area contributed by atoms with E-state index in [-0.39, 0.29) is 42.4 Å². The van der Waals surface area contributed by atoms with Crippen molar-refractivity contribution in [2.75, 3.05) is 34.7 Å². The monoisotopic (exact) mass is 595 g/mol. The van der Waals surface area contributed by atoms with Gasteiger partial charge in [0, 0.05) is 51.4 Å². The molecule has 6 rings (SSSR count). The van der Waals surface area contributed by atoms with Gasteiger partial charge in [0.05, 0.1) is 18.0 Å². The van der Waals surface area contributed by atoms with Crippen molar-refractivity contribution < 1.29 is 14.4 Å². The molecule has 1 aromatic heterocycles. The molecule has 12 heteroatoms. The SMILES string of the molecule is C[C@H](CC1(c2nn[nH]n2)c2ccc(C(=O)N(C)C)cc2Cc2cc(C(=O)N(C)C)ccc21)NCC(=O)N1[C@H](C#N)C[C@@H]2C[C@@H]21. The van der Waals surface area contributed by atoms with Crippen LogP contribution >= 0.6 is 0 Å². The van der Waals surface area contributed by atoms with Crippen LogP contribution in [0.4, 0.5) is 0 Å². The third-order valence-corrected chi connectivity index (χ3v) is 9.30. The maximum absolute atomic E-state index is 13.3. The standard InChI is InChI=1S/C32H37N9O3/c1-18(34-17-28(42)41-24(16-33)13-23-14-27(23)41)15-32(31-35-37-38-36-31)25-8-6-19(29(43)39(2)3)10-21(25)12-22-11-20(7-9-26(22)32)30(44)40(4)5/h6-11,18,23-24,27,34H,12-15,17H2,1-5H3,(H,35,36,37,38)/t18-,23-,24+,27+/m1/s1. The summed E-state index contributed by atoms with van der Waals surface area (Å²) >= 11 is 0. The van der Waals surface area contributed by atoms with E-state index in [1.165, 1.54) is 0 Å². The average Bonchev–Trinajstić information content (AvgIpc) is 3.38. The number of carbonyl (C=O) groups is 3. The number of rotatable bonds is 8. The van der Waals surface area contributed by atoms with E-state index in [0.29, 0.717) is 35.7 Å². The molecule has 12 nitrogen and oxygen atoms in total. The molecule has 2 aliphatic carbocycles. The summed E-state index contributed by atoms with van der Waals surface area (Å²) in [5.74, 6) is 0.632. The van der Waals surface area contributed by atoms with Gasteiger partial charge in [-0.1, -0.05) is 17.3 Å². The minimum atomic E-state index is -0.894. The summed E-state index contributed by atoms with van der Waals surface area (Å²) in [6, 6.07) is 13.3. The maximum atomic E-state index is 13.3. The van der Waals surface area contributed by atoms with Crippen LogP contribution in [0.1, 0.15) is 75.0 Å². The van der Waals surface area contributed by atoms with E-state index in [1.54, 1.807) is 42.9 Å². The molecule has 1 saturated heterocycles. The molecule has 0 unspecified atom stereocenters. The molecule has 2 fully saturated rings. The van der Waals surface area contributed by atoms with E-state index >= 15 is 0 Å². The first kappa shape index (κ1) is 29.4. The number of aromatic amines is 1. The fraction of sp³-hybridized carbons (Fsp3) is 0.469. The normalized spacial score (nSPS) is 21.4. The largest absolute Gasteiger partial charge is 0.345 e. The first-order chi connectivity index (χ1) is 21.0.